The molecule has 0 atom stereocenters. The van der Waals surface area contributed by atoms with Crippen molar-refractivity contribution < 1.29 is 9.47 Å². The van der Waals surface area contributed by atoms with E-state index >= 15 is 0 Å². The van der Waals surface area contributed by atoms with Crippen molar-refractivity contribution in [1.82, 2.24) is 4.90 Å². The van der Waals surface area contributed by atoms with Crippen molar-refractivity contribution in [3.63, 3.8) is 0 Å². The summed E-state index contributed by atoms with van der Waals surface area (Å²) in [5.74, 6) is 1.05. The molecule has 0 spiro atoms. The Hall–Kier alpha value is -1.11. The van der Waals surface area contributed by atoms with Gasteiger partial charge in [-0.15, -0.1) is 11.8 Å². The summed E-state index contributed by atoms with van der Waals surface area (Å²) in [6.07, 6.45) is 1.14. The fourth-order valence-corrected chi connectivity index (χ4v) is 4.41. The Balaban J connectivity index is 2.34. The van der Waals surface area contributed by atoms with Crippen molar-refractivity contribution in [2.75, 3.05) is 25.5 Å². The molecule has 0 aliphatic carbocycles. The van der Waals surface area contributed by atoms with Gasteiger partial charge in [0.25, 0.3) is 0 Å². The van der Waals surface area contributed by atoms with Crippen molar-refractivity contribution in [2.24, 2.45) is 0 Å². The van der Waals surface area contributed by atoms with Crippen LogP contribution in [0.15, 0.2) is 40.9 Å². The molecule has 6 heteroatoms. The second-order valence-electron chi connectivity index (χ2n) is 5.23. The van der Waals surface area contributed by atoms with Crippen LogP contribution in [0.4, 0.5) is 0 Å². The minimum atomic E-state index is 0.429. The van der Waals surface area contributed by atoms with Crippen molar-refractivity contribution in [3.8, 4) is 0 Å². The van der Waals surface area contributed by atoms with Gasteiger partial charge in [0.1, 0.15) is 5.57 Å². The van der Waals surface area contributed by atoms with E-state index in [1.54, 1.807) is 11.8 Å². The topological polar surface area (TPSA) is 21.7 Å². The summed E-state index contributed by atoms with van der Waals surface area (Å²) < 4.78 is 11.2. The molecule has 0 aromatic heterocycles. The maximum atomic E-state index is 5.59. The van der Waals surface area contributed by atoms with Crippen molar-refractivity contribution in [1.29, 1.82) is 0 Å². The molecule has 0 saturated carbocycles. The van der Waals surface area contributed by atoms with Gasteiger partial charge in [0.05, 0.1) is 18.2 Å². The van der Waals surface area contributed by atoms with E-state index in [-0.39, 0.29) is 0 Å². The summed E-state index contributed by atoms with van der Waals surface area (Å²) in [5, 5.41) is 1.93. The van der Waals surface area contributed by atoms with Crippen molar-refractivity contribution in [3.05, 3.63) is 46.5 Å². The molecule has 2 rings (SSSR count). The number of hydrogen-bond acceptors (Lipinski definition) is 6. The van der Waals surface area contributed by atoms with Gasteiger partial charge in [-0.05, 0) is 50.3 Å². The summed E-state index contributed by atoms with van der Waals surface area (Å²) in [5.41, 5.74) is 2.02. The van der Waals surface area contributed by atoms with Crippen LogP contribution < -0.4 is 0 Å². The molecule has 0 radical (unpaired) electrons. The SMILES string of the molecule is CCOC(=S)C(C(=S)OCC)=C1SCCCN1Cc1ccccc1. The van der Waals surface area contributed by atoms with Crippen LogP contribution in [-0.2, 0) is 16.0 Å². The van der Waals surface area contributed by atoms with Gasteiger partial charge in [0, 0.05) is 18.8 Å². The third-order valence-corrected chi connectivity index (χ3v) is 5.36. The first-order chi connectivity index (χ1) is 11.7. The van der Waals surface area contributed by atoms with Crippen LogP contribution in [0.25, 0.3) is 0 Å². The van der Waals surface area contributed by atoms with Crippen LogP contribution in [0, 0.1) is 0 Å². The summed E-state index contributed by atoms with van der Waals surface area (Å²) in [6.45, 7) is 6.70. The van der Waals surface area contributed by atoms with Crippen LogP contribution in [0.1, 0.15) is 25.8 Å². The zero-order valence-corrected chi connectivity index (χ0v) is 16.6. The lowest BCUT2D eigenvalue weighted by Crippen LogP contribution is -2.31. The lowest BCUT2D eigenvalue weighted by molar-refractivity contribution is 0.317. The molecule has 1 aromatic carbocycles. The van der Waals surface area contributed by atoms with E-state index in [1.807, 2.05) is 19.9 Å². The Morgan fingerprint density at radius 1 is 1.08 bits per heavy atom. The normalized spacial score (nSPS) is 14.2. The van der Waals surface area contributed by atoms with Crippen LogP contribution in [0.2, 0.25) is 0 Å². The summed E-state index contributed by atoms with van der Waals surface area (Å²) in [7, 11) is 0. The molecule has 1 saturated heterocycles. The molecule has 0 N–H and O–H groups in total. The molecule has 1 aliphatic rings. The lowest BCUT2D eigenvalue weighted by atomic mass is 10.2. The number of thioether (sulfide) groups is 1. The maximum absolute atomic E-state index is 5.59. The van der Waals surface area contributed by atoms with Gasteiger partial charge >= 0.3 is 0 Å². The maximum Gasteiger partial charge on any atom is 0.198 e. The third kappa shape index (κ3) is 5.19. The van der Waals surface area contributed by atoms with Gasteiger partial charge < -0.3 is 14.4 Å². The fraction of sp³-hybridized carbons (Fsp3) is 0.444. The molecule has 1 aromatic rings. The highest BCUT2D eigenvalue weighted by Crippen LogP contribution is 2.32. The molecule has 1 fully saturated rings. The molecule has 0 amide bonds. The molecular formula is C18H23NO2S3. The first-order valence-electron chi connectivity index (χ1n) is 8.17. The average Bonchev–Trinajstić information content (AvgIpc) is 2.58. The highest BCUT2D eigenvalue weighted by molar-refractivity contribution is 8.03. The van der Waals surface area contributed by atoms with E-state index in [9.17, 15) is 0 Å². The largest absolute Gasteiger partial charge is 0.483 e. The monoisotopic (exact) mass is 381 g/mol. The predicted molar refractivity (Wildman–Crippen MR) is 109 cm³/mol. The minimum Gasteiger partial charge on any atom is -0.483 e. The first-order valence-corrected chi connectivity index (χ1v) is 9.97. The second-order valence-corrected chi connectivity index (χ2v) is 7.06. The van der Waals surface area contributed by atoms with E-state index in [4.69, 9.17) is 33.9 Å². The zero-order chi connectivity index (χ0) is 17.4. The van der Waals surface area contributed by atoms with Gasteiger partial charge in [0.2, 0.25) is 0 Å². The van der Waals surface area contributed by atoms with Gasteiger partial charge in [-0.25, -0.2) is 0 Å². The number of benzene rings is 1. The molecule has 0 unspecified atom stereocenters. The summed E-state index contributed by atoms with van der Waals surface area (Å²) in [4.78, 5) is 2.33. The molecule has 24 heavy (non-hydrogen) atoms. The molecule has 0 bridgehead atoms. The van der Waals surface area contributed by atoms with Gasteiger partial charge in [0.15, 0.2) is 10.1 Å². The lowest BCUT2D eigenvalue weighted by Gasteiger charge is -2.33. The number of hydrogen-bond donors (Lipinski definition) is 0. The van der Waals surface area contributed by atoms with Crippen LogP contribution in [-0.4, -0.2) is 40.5 Å². The number of nitrogens with zero attached hydrogens (tertiary/aromatic N) is 1. The van der Waals surface area contributed by atoms with Gasteiger partial charge in [-0.2, -0.15) is 0 Å². The molecule has 130 valence electrons. The second kappa shape index (κ2) is 10.0. The van der Waals surface area contributed by atoms with E-state index in [2.05, 4.69) is 29.2 Å². The van der Waals surface area contributed by atoms with E-state index in [0.717, 1.165) is 35.9 Å². The van der Waals surface area contributed by atoms with E-state index in [0.29, 0.717) is 23.3 Å². The van der Waals surface area contributed by atoms with Crippen LogP contribution in [0.5, 0.6) is 0 Å². The first kappa shape index (κ1) is 19.2. The molecule has 1 aliphatic heterocycles. The third-order valence-electron chi connectivity index (χ3n) is 3.49. The molecule has 1 heterocycles. The standard InChI is InChI=1S/C18H23NO2S3/c1-3-20-17(22)15(18(23)21-4-2)16-19(11-8-12-24-16)13-14-9-6-5-7-10-14/h5-7,9-10H,3-4,8,11-13H2,1-2H3. The molecule has 3 nitrogen and oxygen atoms in total. The number of thiocarbonyl (C=S) groups is 2. The Kier molecular flexibility index (Phi) is 8.02. The van der Waals surface area contributed by atoms with Crippen molar-refractivity contribution >= 4 is 46.3 Å². The molecular weight excluding hydrogens is 358 g/mol. The summed E-state index contributed by atoms with van der Waals surface area (Å²) >= 11 is 12.7. The van der Waals surface area contributed by atoms with Gasteiger partial charge in [-0.1, -0.05) is 30.3 Å². The number of rotatable bonds is 6. The Bertz CT molecular complexity index is 582. The fourth-order valence-electron chi connectivity index (χ4n) is 2.47. The Labute approximate surface area is 159 Å². The van der Waals surface area contributed by atoms with E-state index in [1.165, 1.54) is 5.56 Å². The Morgan fingerprint density at radius 3 is 2.29 bits per heavy atom. The predicted octanol–water partition coefficient (Wildman–Crippen LogP) is 4.56. The number of ether oxygens (including phenoxy) is 2. The highest BCUT2D eigenvalue weighted by Gasteiger charge is 2.26. The Morgan fingerprint density at radius 2 is 1.71 bits per heavy atom. The zero-order valence-electron chi connectivity index (χ0n) is 14.1. The minimum absolute atomic E-state index is 0.429. The quantitative estimate of drug-likeness (QED) is 0.528. The highest BCUT2D eigenvalue weighted by atomic mass is 32.2. The van der Waals surface area contributed by atoms with Crippen molar-refractivity contribution in [2.45, 2.75) is 26.8 Å². The van der Waals surface area contributed by atoms with Gasteiger partial charge in [-0.3, -0.25) is 0 Å². The summed E-state index contributed by atoms with van der Waals surface area (Å²) in [6, 6.07) is 10.4. The smallest absolute Gasteiger partial charge is 0.198 e. The van der Waals surface area contributed by atoms with Crippen LogP contribution in [0.3, 0.4) is 0 Å². The van der Waals surface area contributed by atoms with E-state index < -0.39 is 0 Å². The average molecular weight is 382 g/mol. The van der Waals surface area contributed by atoms with Crippen LogP contribution >= 0.6 is 36.2 Å².